The molecular formula is C9H7ClFN. The summed E-state index contributed by atoms with van der Waals surface area (Å²) in [6.07, 6.45) is 1.71. The van der Waals surface area contributed by atoms with Crippen LogP contribution in [0.3, 0.4) is 0 Å². The number of aromatic nitrogens is 1. The predicted molar refractivity (Wildman–Crippen MR) is 47.8 cm³/mol. The van der Waals surface area contributed by atoms with Crippen molar-refractivity contribution >= 4 is 22.5 Å². The van der Waals surface area contributed by atoms with Gasteiger partial charge in [-0.25, -0.2) is 4.39 Å². The summed E-state index contributed by atoms with van der Waals surface area (Å²) in [5.41, 5.74) is 1.49. The van der Waals surface area contributed by atoms with Crippen molar-refractivity contribution in [3.05, 3.63) is 35.8 Å². The fraction of sp³-hybridized carbons (Fsp3) is 0.111. The van der Waals surface area contributed by atoms with E-state index in [1.165, 1.54) is 6.07 Å². The smallest absolute Gasteiger partial charge is 0.147 e. The molecule has 0 aliphatic carbocycles. The first-order valence-corrected chi connectivity index (χ1v) is 4.17. The standard InChI is InChI=1S/C9H7ClFN/c10-5-6-1-2-8(11)9-7(6)3-4-12-9/h1-4,12H,5H2. The number of H-pyrrole nitrogens is 1. The van der Waals surface area contributed by atoms with Gasteiger partial charge in [0.15, 0.2) is 0 Å². The summed E-state index contributed by atoms with van der Waals surface area (Å²) in [6, 6.07) is 4.96. The number of fused-ring (bicyclic) bond motifs is 1. The van der Waals surface area contributed by atoms with Crippen molar-refractivity contribution in [2.24, 2.45) is 0 Å². The zero-order valence-electron chi connectivity index (χ0n) is 6.27. The number of nitrogens with one attached hydrogen (secondary N) is 1. The Morgan fingerprint density at radius 1 is 1.33 bits per heavy atom. The van der Waals surface area contributed by atoms with Gasteiger partial charge < -0.3 is 4.98 Å². The monoisotopic (exact) mass is 183 g/mol. The molecule has 2 aromatic rings. The van der Waals surface area contributed by atoms with Gasteiger partial charge in [0.1, 0.15) is 5.82 Å². The molecule has 0 amide bonds. The number of aromatic amines is 1. The highest BCUT2D eigenvalue weighted by atomic mass is 35.5. The molecule has 0 atom stereocenters. The fourth-order valence-electron chi connectivity index (χ4n) is 1.30. The minimum atomic E-state index is -0.233. The fourth-order valence-corrected chi connectivity index (χ4v) is 1.53. The number of hydrogen-bond acceptors (Lipinski definition) is 0. The van der Waals surface area contributed by atoms with Gasteiger partial charge >= 0.3 is 0 Å². The second-order valence-electron chi connectivity index (χ2n) is 2.61. The van der Waals surface area contributed by atoms with Crippen LogP contribution in [0, 0.1) is 5.82 Å². The average molecular weight is 184 g/mol. The van der Waals surface area contributed by atoms with E-state index in [4.69, 9.17) is 11.6 Å². The summed E-state index contributed by atoms with van der Waals surface area (Å²) in [6.45, 7) is 0. The van der Waals surface area contributed by atoms with Crippen LogP contribution in [0.2, 0.25) is 0 Å². The zero-order chi connectivity index (χ0) is 8.55. The van der Waals surface area contributed by atoms with E-state index >= 15 is 0 Å². The van der Waals surface area contributed by atoms with Crippen molar-refractivity contribution in [2.45, 2.75) is 5.88 Å². The van der Waals surface area contributed by atoms with Gasteiger partial charge in [-0.05, 0) is 17.7 Å². The lowest BCUT2D eigenvalue weighted by molar-refractivity contribution is 0.637. The molecule has 1 N–H and O–H groups in total. The summed E-state index contributed by atoms with van der Waals surface area (Å²) in [4.78, 5) is 2.83. The van der Waals surface area contributed by atoms with Gasteiger partial charge in [-0.15, -0.1) is 11.6 Å². The van der Waals surface area contributed by atoms with Crippen molar-refractivity contribution in [3.8, 4) is 0 Å². The van der Waals surface area contributed by atoms with E-state index in [2.05, 4.69) is 4.98 Å². The maximum absolute atomic E-state index is 13.1. The average Bonchev–Trinajstić information content (AvgIpc) is 2.54. The third-order valence-electron chi connectivity index (χ3n) is 1.91. The molecule has 0 saturated heterocycles. The summed E-state index contributed by atoms with van der Waals surface area (Å²) >= 11 is 5.68. The van der Waals surface area contributed by atoms with Crippen LogP contribution >= 0.6 is 11.6 Å². The molecule has 1 aromatic carbocycles. The van der Waals surface area contributed by atoms with Crippen molar-refractivity contribution < 1.29 is 4.39 Å². The molecule has 0 unspecified atom stereocenters. The molecule has 0 fully saturated rings. The van der Waals surface area contributed by atoms with Crippen LogP contribution in [0.4, 0.5) is 4.39 Å². The van der Waals surface area contributed by atoms with Gasteiger partial charge in [-0.1, -0.05) is 6.07 Å². The predicted octanol–water partition coefficient (Wildman–Crippen LogP) is 3.05. The Labute approximate surface area is 74.2 Å². The van der Waals surface area contributed by atoms with Gasteiger partial charge in [0.2, 0.25) is 0 Å². The molecule has 0 saturated carbocycles. The Kier molecular flexibility index (Phi) is 1.77. The van der Waals surface area contributed by atoms with E-state index in [9.17, 15) is 4.39 Å². The molecule has 12 heavy (non-hydrogen) atoms. The normalized spacial score (nSPS) is 10.8. The molecule has 62 valence electrons. The number of hydrogen-bond donors (Lipinski definition) is 1. The van der Waals surface area contributed by atoms with Gasteiger partial charge in [0.25, 0.3) is 0 Å². The van der Waals surface area contributed by atoms with E-state index in [0.29, 0.717) is 11.4 Å². The van der Waals surface area contributed by atoms with Crippen LogP contribution in [0.5, 0.6) is 0 Å². The largest absolute Gasteiger partial charge is 0.359 e. The molecule has 2 rings (SSSR count). The first kappa shape index (κ1) is 7.62. The minimum absolute atomic E-state index is 0.233. The summed E-state index contributed by atoms with van der Waals surface area (Å²) in [5.74, 6) is 0.179. The summed E-state index contributed by atoms with van der Waals surface area (Å²) < 4.78 is 13.1. The first-order chi connectivity index (χ1) is 5.83. The Bertz CT molecular complexity index is 408. The lowest BCUT2D eigenvalue weighted by Gasteiger charge is -1.98. The van der Waals surface area contributed by atoms with Crippen LogP contribution in [0.15, 0.2) is 24.4 Å². The maximum atomic E-state index is 13.1. The number of alkyl halides is 1. The third kappa shape index (κ3) is 0.994. The quantitative estimate of drug-likeness (QED) is 0.655. The van der Waals surface area contributed by atoms with Gasteiger partial charge in [-0.2, -0.15) is 0 Å². The number of rotatable bonds is 1. The molecule has 0 bridgehead atoms. The summed E-state index contributed by atoms with van der Waals surface area (Å²) in [7, 11) is 0. The second kappa shape index (κ2) is 2.79. The molecule has 0 radical (unpaired) electrons. The van der Waals surface area contributed by atoms with Crippen molar-refractivity contribution in [3.63, 3.8) is 0 Å². The molecule has 1 nitrogen and oxygen atoms in total. The summed E-state index contributed by atoms with van der Waals surface area (Å²) in [5, 5.41) is 0.866. The van der Waals surface area contributed by atoms with Crippen LogP contribution < -0.4 is 0 Å². The first-order valence-electron chi connectivity index (χ1n) is 3.63. The second-order valence-corrected chi connectivity index (χ2v) is 2.87. The lowest BCUT2D eigenvalue weighted by Crippen LogP contribution is -1.82. The van der Waals surface area contributed by atoms with E-state index in [0.717, 1.165) is 10.9 Å². The number of benzene rings is 1. The van der Waals surface area contributed by atoms with Gasteiger partial charge in [0, 0.05) is 17.5 Å². The molecule has 1 heterocycles. The van der Waals surface area contributed by atoms with Crippen LogP contribution in [0.25, 0.3) is 10.9 Å². The van der Waals surface area contributed by atoms with Gasteiger partial charge in [-0.3, -0.25) is 0 Å². The van der Waals surface area contributed by atoms with E-state index in [1.807, 2.05) is 6.07 Å². The van der Waals surface area contributed by atoms with Crippen molar-refractivity contribution in [1.82, 2.24) is 4.98 Å². The Morgan fingerprint density at radius 3 is 2.92 bits per heavy atom. The third-order valence-corrected chi connectivity index (χ3v) is 2.19. The van der Waals surface area contributed by atoms with E-state index in [-0.39, 0.29) is 5.82 Å². The lowest BCUT2D eigenvalue weighted by atomic mass is 10.1. The highest BCUT2D eigenvalue weighted by Gasteiger charge is 2.04. The molecule has 3 heteroatoms. The molecular weight excluding hydrogens is 177 g/mol. The van der Waals surface area contributed by atoms with Gasteiger partial charge in [0.05, 0.1) is 5.52 Å². The van der Waals surface area contributed by atoms with E-state index < -0.39 is 0 Å². The van der Waals surface area contributed by atoms with E-state index in [1.54, 1.807) is 12.3 Å². The molecule has 0 aliphatic rings. The van der Waals surface area contributed by atoms with Crippen LogP contribution in [0.1, 0.15) is 5.56 Å². The van der Waals surface area contributed by atoms with Crippen LogP contribution in [-0.2, 0) is 5.88 Å². The molecule has 0 aliphatic heterocycles. The maximum Gasteiger partial charge on any atom is 0.147 e. The molecule has 0 spiro atoms. The molecule has 1 aromatic heterocycles. The zero-order valence-corrected chi connectivity index (χ0v) is 7.03. The van der Waals surface area contributed by atoms with Crippen LogP contribution in [-0.4, -0.2) is 4.98 Å². The number of halogens is 2. The SMILES string of the molecule is Fc1ccc(CCl)c2cc[nH]c12. The Morgan fingerprint density at radius 2 is 2.17 bits per heavy atom. The minimum Gasteiger partial charge on any atom is -0.359 e. The van der Waals surface area contributed by atoms with Crippen molar-refractivity contribution in [2.75, 3.05) is 0 Å². The topological polar surface area (TPSA) is 15.8 Å². The van der Waals surface area contributed by atoms with Crippen molar-refractivity contribution in [1.29, 1.82) is 0 Å². The highest BCUT2D eigenvalue weighted by Crippen LogP contribution is 2.21. The Balaban J connectivity index is 2.82. The Hall–Kier alpha value is -1.02. The highest BCUT2D eigenvalue weighted by molar-refractivity contribution is 6.18.